The summed E-state index contributed by atoms with van der Waals surface area (Å²) in [6.45, 7) is 6.71. The van der Waals surface area contributed by atoms with E-state index < -0.39 is 0 Å². The fourth-order valence-corrected chi connectivity index (χ4v) is 2.34. The van der Waals surface area contributed by atoms with Gasteiger partial charge in [0.25, 0.3) is 0 Å². The van der Waals surface area contributed by atoms with Crippen LogP contribution in [0.25, 0.3) is 22.2 Å². The van der Waals surface area contributed by atoms with E-state index in [4.69, 9.17) is 0 Å². The monoisotopic (exact) mass is 328 g/mol. The number of halogens is 1. The molecular weight excluding hydrogens is 312 g/mol. The van der Waals surface area contributed by atoms with E-state index in [0.29, 0.717) is 0 Å². The van der Waals surface area contributed by atoms with Crippen LogP contribution in [0.2, 0.25) is 0 Å². The van der Waals surface area contributed by atoms with Gasteiger partial charge >= 0.3 is 0 Å². The van der Waals surface area contributed by atoms with Crippen molar-refractivity contribution in [3.8, 4) is 11.3 Å². The molecule has 0 aliphatic rings. The predicted octanol–water partition coefficient (Wildman–Crippen LogP) is 0.621. The summed E-state index contributed by atoms with van der Waals surface area (Å²) in [6.07, 6.45) is 6.09. The molecule has 1 aromatic carbocycles. The van der Waals surface area contributed by atoms with Crippen LogP contribution in [0.1, 0.15) is 5.56 Å². The number of aromatic nitrogens is 2. The van der Waals surface area contributed by atoms with E-state index in [1.807, 2.05) is 6.08 Å². The van der Waals surface area contributed by atoms with Crippen molar-refractivity contribution >= 4 is 10.9 Å². The zero-order valence-corrected chi connectivity index (χ0v) is 13.0. The summed E-state index contributed by atoms with van der Waals surface area (Å²) in [4.78, 5) is 3.48. The second-order valence-electron chi connectivity index (χ2n) is 4.85. The molecule has 3 rings (SSSR count). The van der Waals surface area contributed by atoms with Gasteiger partial charge in [-0.3, -0.25) is 0 Å². The maximum absolute atomic E-state index is 3.77. The minimum Gasteiger partial charge on any atom is -1.00 e. The Bertz CT molecular complexity index is 744. The average Bonchev–Trinajstić information content (AvgIpc) is 2.82. The first-order valence-corrected chi connectivity index (χ1v) is 6.46. The molecule has 102 valence electrons. The van der Waals surface area contributed by atoms with Crippen LogP contribution in [0, 0.1) is 6.92 Å². The molecule has 3 aromatic rings. The molecule has 2 aromatic heterocycles. The van der Waals surface area contributed by atoms with Gasteiger partial charge in [-0.2, -0.15) is 0 Å². The molecule has 0 bridgehead atoms. The van der Waals surface area contributed by atoms with Crippen LogP contribution in [0.3, 0.4) is 0 Å². The minimum atomic E-state index is 0. The van der Waals surface area contributed by atoms with E-state index in [2.05, 4.69) is 71.8 Å². The Morgan fingerprint density at radius 1 is 1.25 bits per heavy atom. The lowest BCUT2D eigenvalue weighted by atomic mass is 10.1. The third-order valence-corrected chi connectivity index (χ3v) is 3.29. The Kier molecular flexibility index (Phi) is 4.40. The summed E-state index contributed by atoms with van der Waals surface area (Å²) >= 11 is 0. The summed E-state index contributed by atoms with van der Waals surface area (Å²) in [7, 11) is 0. The molecule has 0 fully saturated rings. The van der Waals surface area contributed by atoms with Gasteiger partial charge in [0, 0.05) is 17.0 Å². The Morgan fingerprint density at radius 3 is 2.90 bits per heavy atom. The predicted molar refractivity (Wildman–Crippen MR) is 78.9 cm³/mol. The number of H-pyrrole nitrogens is 1. The minimum absolute atomic E-state index is 0. The summed E-state index contributed by atoms with van der Waals surface area (Å²) in [6, 6.07) is 12.9. The van der Waals surface area contributed by atoms with E-state index in [-0.39, 0.29) is 17.0 Å². The number of nitrogens with one attached hydrogen (secondary N) is 1. The Morgan fingerprint density at radius 2 is 2.10 bits per heavy atom. The van der Waals surface area contributed by atoms with Crippen molar-refractivity contribution in [1.82, 2.24) is 4.98 Å². The van der Waals surface area contributed by atoms with Crippen LogP contribution >= 0.6 is 0 Å². The first-order chi connectivity index (χ1) is 9.26. The maximum Gasteiger partial charge on any atom is 0.178 e. The summed E-state index contributed by atoms with van der Waals surface area (Å²) in [5.41, 5.74) is 4.81. The number of nitrogens with zero attached hydrogens (tertiary/aromatic N) is 1. The highest BCUT2D eigenvalue weighted by Crippen LogP contribution is 2.23. The third kappa shape index (κ3) is 2.83. The normalized spacial score (nSPS) is 10.2. The lowest BCUT2D eigenvalue weighted by Crippen LogP contribution is -3.00. The zero-order valence-electron chi connectivity index (χ0n) is 11.4. The number of fused-ring (bicyclic) bond motifs is 1. The highest BCUT2D eigenvalue weighted by Gasteiger charge is 2.07. The summed E-state index contributed by atoms with van der Waals surface area (Å²) < 4.78 is 2.12. The van der Waals surface area contributed by atoms with Crippen molar-refractivity contribution < 1.29 is 21.5 Å². The van der Waals surface area contributed by atoms with E-state index in [1.165, 1.54) is 22.0 Å². The fraction of sp³-hybridized carbons (Fsp3) is 0.118. The van der Waals surface area contributed by atoms with E-state index in [9.17, 15) is 0 Å². The number of rotatable bonds is 3. The average molecular weight is 329 g/mol. The van der Waals surface area contributed by atoms with Crippen molar-refractivity contribution in [2.45, 2.75) is 13.5 Å². The van der Waals surface area contributed by atoms with Crippen molar-refractivity contribution in [2.24, 2.45) is 0 Å². The maximum atomic E-state index is 3.77. The Labute approximate surface area is 129 Å². The van der Waals surface area contributed by atoms with Gasteiger partial charge in [-0.05, 0) is 36.8 Å². The van der Waals surface area contributed by atoms with Gasteiger partial charge < -0.3 is 22.0 Å². The number of hydrogen-bond donors (Lipinski definition) is 1. The van der Waals surface area contributed by atoms with Crippen LogP contribution in [0.4, 0.5) is 0 Å². The molecular formula is C17H17BrN2. The second kappa shape index (κ2) is 6.06. The Balaban J connectivity index is 0.00000147. The second-order valence-corrected chi connectivity index (χ2v) is 4.85. The number of aryl methyl sites for hydroxylation is 1. The molecule has 2 heterocycles. The van der Waals surface area contributed by atoms with Crippen LogP contribution in [0.5, 0.6) is 0 Å². The van der Waals surface area contributed by atoms with E-state index in [1.54, 1.807) is 0 Å². The van der Waals surface area contributed by atoms with E-state index in [0.717, 1.165) is 12.2 Å². The molecule has 0 saturated heterocycles. The van der Waals surface area contributed by atoms with Crippen LogP contribution in [0.15, 0.2) is 61.4 Å². The standard InChI is InChI=1S/C17H17N2.BrH/c1-3-8-19-9-4-5-15(12-19)17-11-14-7-6-13(2)10-16(14)18-17;/h3-7,9-12,18H,1,8H2,2H3;1H/q+1;/p-1. The highest BCUT2D eigenvalue weighted by atomic mass is 79.9. The first-order valence-electron chi connectivity index (χ1n) is 6.46. The van der Waals surface area contributed by atoms with Gasteiger partial charge in [-0.25, -0.2) is 4.57 Å². The van der Waals surface area contributed by atoms with Gasteiger partial charge in [0.05, 0.1) is 11.3 Å². The molecule has 20 heavy (non-hydrogen) atoms. The van der Waals surface area contributed by atoms with Crippen molar-refractivity contribution in [2.75, 3.05) is 0 Å². The lowest BCUT2D eigenvalue weighted by Gasteiger charge is -1.97. The molecule has 0 aliphatic carbocycles. The molecule has 0 spiro atoms. The quantitative estimate of drug-likeness (QED) is 0.537. The number of benzene rings is 1. The molecule has 2 nitrogen and oxygen atoms in total. The molecule has 0 amide bonds. The number of hydrogen-bond acceptors (Lipinski definition) is 0. The van der Waals surface area contributed by atoms with E-state index >= 15 is 0 Å². The molecule has 3 heteroatoms. The Hall–Kier alpha value is -1.87. The van der Waals surface area contributed by atoms with Crippen molar-refractivity contribution in [3.63, 3.8) is 0 Å². The van der Waals surface area contributed by atoms with Crippen LogP contribution in [-0.2, 0) is 6.54 Å². The SMILES string of the molecule is C=CC[n+]1cccc(-c2cc3ccc(C)cc3[nH]2)c1.[Br-]. The topological polar surface area (TPSA) is 19.7 Å². The van der Waals surface area contributed by atoms with Crippen LogP contribution in [-0.4, -0.2) is 4.98 Å². The van der Waals surface area contributed by atoms with Gasteiger partial charge in [0.1, 0.15) is 0 Å². The summed E-state index contributed by atoms with van der Waals surface area (Å²) in [5, 5.41) is 1.25. The molecule has 0 aliphatic heterocycles. The third-order valence-electron chi connectivity index (χ3n) is 3.29. The summed E-state index contributed by atoms with van der Waals surface area (Å²) in [5.74, 6) is 0. The van der Waals surface area contributed by atoms with Crippen molar-refractivity contribution in [3.05, 3.63) is 67.0 Å². The van der Waals surface area contributed by atoms with Gasteiger partial charge in [0.2, 0.25) is 0 Å². The smallest absolute Gasteiger partial charge is 0.178 e. The molecule has 0 atom stereocenters. The highest BCUT2D eigenvalue weighted by molar-refractivity contribution is 5.86. The molecule has 1 N–H and O–H groups in total. The number of aromatic amines is 1. The number of pyridine rings is 1. The first kappa shape index (κ1) is 14.5. The van der Waals surface area contributed by atoms with Gasteiger partial charge in [0.15, 0.2) is 18.9 Å². The van der Waals surface area contributed by atoms with Crippen molar-refractivity contribution in [1.29, 1.82) is 0 Å². The van der Waals surface area contributed by atoms with Gasteiger partial charge in [-0.1, -0.05) is 18.7 Å². The molecule has 0 unspecified atom stereocenters. The largest absolute Gasteiger partial charge is 1.00 e. The molecule has 0 saturated carbocycles. The van der Waals surface area contributed by atoms with Gasteiger partial charge in [-0.15, -0.1) is 0 Å². The molecule has 0 radical (unpaired) electrons. The van der Waals surface area contributed by atoms with Crippen LogP contribution < -0.4 is 21.5 Å². The lowest BCUT2D eigenvalue weighted by molar-refractivity contribution is -0.686. The zero-order chi connectivity index (χ0) is 13.2. The fourth-order valence-electron chi connectivity index (χ4n) is 2.34. The number of allylic oxidation sites excluding steroid dienone is 1.